The maximum atomic E-state index is 11.5. The van der Waals surface area contributed by atoms with Crippen LogP contribution in [0.5, 0.6) is 0 Å². The molecule has 0 saturated carbocycles. The molecule has 4 nitrogen and oxygen atoms in total. The second-order valence-corrected chi connectivity index (χ2v) is 6.88. The van der Waals surface area contributed by atoms with Crippen LogP contribution < -0.4 is 5.73 Å². The lowest BCUT2D eigenvalue weighted by atomic mass is 9.89. The fraction of sp³-hybridized carbons (Fsp3) is 0.588. The molecule has 4 N–H and O–H groups in total. The lowest BCUT2D eigenvalue weighted by Gasteiger charge is -2.22. The second kappa shape index (κ2) is 8.51. The van der Waals surface area contributed by atoms with Crippen LogP contribution in [0.2, 0.25) is 5.02 Å². The Hall–Kier alpha value is -1.10. The number of rotatable bonds is 9. The first-order valence-corrected chi connectivity index (χ1v) is 8.00. The highest BCUT2D eigenvalue weighted by molar-refractivity contribution is 6.31. The molecule has 0 unspecified atom stereocenters. The van der Waals surface area contributed by atoms with Crippen LogP contribution in [0, 0.1) is 5.92 Å². The first-order valence-electron chi connectivity index (χ1n) is 7.62. The monoisotopic (exact) mass is 327 g/mol. The van der Waals surface area contributed by atoms with Gasteiger partial charge in [-0.15, -0.1) is 0 Å². The summed E-state index contributed by atoms with van der Waals surface area (Å²) in [4.78, 5) is 11.5. The molecule has 0 aliphatic rings. The molecule has 2 atom stereocenters. The normalized spacial score (nSPS) is 14.6. The van der Waals surface area contributed by atoms with Crippen molar-refractivity contribution in [3.05, 3.63) is 34.9 Å². The zero-order valence-electron chi connectivity index (χ0n) is 13.3. The Morgan fingerprint density at radius 3 is 2.50 bits per heavy atom. The minimum absolute atomic E-state index is 0.315. The van der Waals surface area contributed by atoms with Gasteiger partial charge in [0, 0.05) is 10.9 Å². The van der Waals surface area contributed by atoms with Crippen LogP contribution in [0.3, 0.4) is 0 Å². The second-order valence-electron chi connectivity index (χ2n) is 6.47. The molecular formula is C17H26ClNO3. The Kier molecular flexibility index (Phi) is 7.33. The Morgan fingerprint density at radius 1 is 1.32 bits per heavy atom. The summed E-state index contributed by atoms with van der Waals surface area (Å²) < 4.78 is 0. The summed E-state index contributed by atoms with van der Waals surface area (Å²) in [6.07, 6.45) is 1.82. The lowest BCUT2D eigenvalue weighted by Crippen LogP contribution is -2.30. The molecule has 0 spiro atoms. The number of nitrogens with two attached hydrogens (primary N) is 1. The molecular weight excluding hydrogens is 302 g/mol. The van der Waals surface area contributed by atoms with Gasteiger partial charge in [0.05, 0.1) is 11.7 Å². The highest BCUT2D eigenvalue weighted by Crippen LogP contribution is 2.22. The van der Waals surface area contributed by atoms with Gasteiger partial charge in [-0.2, -0.15) is 0 Å². The molecule has 124 valence electrons. The zero-order valence-corrected chi connectivity index (χ0v) is 14.0. The molecule has 1 aromatic rings. The number of aliphatic hydroxyl groups is 2. The fourth-order valence-electron chi connectivity index (χ4n) is 2.37. The van der Waals surface area contributed by atoms with Gasteiger partial charge in [0.2, 0.25) is 5.91 Å². The summed E-state index contributed by atoms with van der Waals surface area (Å²) in [5, 5.41) is 20.6. The topological polar surface area (TPSA) is 83.6 Å². The number of primary amides is 1. The van der Waals surface area contributed by atoms with Gasteiger partial charge in [-0.05, 0) is 57.6 Å². The third kappa shape index (κ3) is 7.25. The third-order valence-electron chi connectivity index (χ3n) is 3.77. The van der Waals surface area contributed by atoms with Crippen molar-refractivity contribution in [2.75, 3.05) is 0 Å². The average molecular weight is 328 g/mol. The molecule has 0 radical (unpaired) electrons. The van der Waals surface area contributed by atoms with E-state index in [4.69, 9.17) is 17.3 Å². The lowest BCUT2D eigenvalue weighted by molar-refractivity contribution is -0.123. The third-order valence-corrected chi connectivity index (χ3v) is 4.14. The molecule has 0 aliphatic carbocycles. The van der Waals surface area contributed by atoms with Crippen molar-refractivity contribution in [1.29, 1.82) is 0 Å². The quantitative estimate of drug-likeness (QED) is 0.652. The van der Waals surface area contributed by atoms with Crippen molar-refractivity contribution in [3.63, 3.8) is 0 Å². The number of benzene rings is 1. The Balaban J connectivity index is 2.48. The Morgan fingerprint density at radius 2 is 1.95 bits per heavy atom. The van der Waals surface area contributed by atoms with Gasteiger partial charge in [0.1, 0.15) is 0 Å². The number of aryl methyl sites for hydroxylation is 1. The van der Waals surface area contributed by atoms with Crippen molar-refractivity contribution in [2.24, 2.45) is 11.7 Å². The number of amides is 1. The van der Waals surface area contributed by atoms with Crippen molar-refractivity contribution in [2.45, 2.75) is 57.7 Å². The molecule has 5 heteroatoms. The number of aliphatic hydroxyl groups excluding tert-OH is 1. The van der Waals surface area contributed by atoms with Gasteiger partial charge >= 0.3 is 0 Å². The van der Waals surface area contributed by atoms with Gasteiger partial charge in [-0.3, -0.25) is 4.79 Å². The zero-order chi connectivity index (χ0) is 16.8. The maximum Gasteiger partial charge on any atom is 0.220 e. The molecule has 1 rings (SSSR count). The number of hydrogen-bond acceptors (Lipinski definition) is 3. The van der Waals surface area contributed by atoms with Crippen LogP contribution in [0.1, 0.15) is 45.1 Å². The van der Waals surface area contributed by atoms with Crippen LogP contribution in [0.25, 0.3) is 0 Å². The molecule has 0 bridgehead atoms. The molecule has 22 heavy (non-hydrogen) atoms. The summed E-state index contributed by atoms with van der Waals surface area (Å²) in [5.74, 6) is -0.853. The average Bonchev–Trinajstić information content (AvgIpc) is 2.41. The maximum absolute atomic E-state index is 11.5. The number of halogens is 1. The minimum Gasteiger partial charge on any atom is -0.393 e. The van der Waals surface area contributed by atoms with Crippen LogP contribution in [0.15, 0.2) is 24.3 Å². The SMILES string of the molecule is CC(C)(O)CC[C@H](C[C@@H](O)CCc1ccccc1Cl)C(N)=O. The van der Waals surface area contributed by atoms with Crippen LogP contribution in [0.4, 0.5) is 0 Å². The van der Waals surface area contributed by atoms with E-state index in [2.05, 4.69) is 0 Å². The van der Waals surface area contributed by atoms with E-state index < -0.39 is 23.5 Å². The van der Waals surface area contributed by atoms with Crippen LogP contribution >= 0.6 is 11.6 Å². The molecule has 1 amide bonds. The van der Waals surface area contributed by atoms with E-state index in [0.717, 1.165) is 5.56 Å². The molecule has 1 aromatic carbocycles. The highest BCUT2D eigenvalue weighted by Gasteiger charge is 2.23. The van der Waals surface area contributed by atoms with E-state index in [9.17, 15) is 15.0 Å². The van der Waals surface area contributed by atoms with Crippen molar-refractivity contribution < 1.29 is 15.0 Å². The summed E-state index contributed by atoms with van der Waals surface area (Å²) in [7, 11) is 0. The molecule has 0 aromatic heterocycles. The Labute approximate surface area is 137 Å². The van der Waals surface area contributed by atoms with Crippen molar-refractivity contribution >= 4 is 17.5 Å². The predicted molar refractivity (Wildman–Crippen MR) is 88.6 cm³/mol. The van der Waals surface area contributed by atoms with Gasteiger partial charge in [0.25, 0.3) is 0 Å². The van der Waals surface area contributed by atoms with Crippen molar-refractivity contribution in [3.8, 4) is 0 Å². The smallest absolute Gasteiger partial charge is 0.220 e. The first-order chi connectivity index (χ1) is 10.2. The van der Waals surface area contributed by atoms with E-state index in [0.29, 0.717) is 37.1 Å². The van der Waals surface area contributed by atoms with Gasteiger partial charge in [-0.1, -0.05) is 29.8 Å². The van der Waals surface area contributed by atoms with E-state index >= 15 is 0 Å². The number of hydrogen-bond donors (Lipinski definition) is 3. The van der Waals surface area contributed by atoms with Gasteiger partial charge in [0.15, 0.2) is 0 Å². The van der Waals surface area contributed by atoms with Crippen molar-refractivity contribution in [1.82, 2.24) is 0 Å². The summed E-state index contributed by atoms with van der Waals surface area (Å²) in [5.41, 5.74) is 5.54. The molecule has 0 heterocycles. The number of carbonyl (C=O) groups excluding carboxylic acids is 1. The summed E-state index contributed by atoms with van der Waals surface area (Å²) in [6.45, 7) is 3.39. The molecule has 0 aliphatic heterocycles. The van der Waals surface area contributed by atoms with E-state index in [1.165, 1.54) is 0 Å². The Bertz CT molecular complexity index is 485. The van der Waals surface area contributed by atoms with Gasteiger partial charge in [-0.25, -0.2) is 0 Å². The molecule has 0 fully saturated rings. The van der Waals surface area contributed by atoms with E-state index in [1.807, 2.05) is 24.3 Å². The van der Waals surface area contributed by atoms with Crippen LogP contribution in [-0.2, 0) is 11.2 Å². The molecule has 0 saturated heterocycles. The van der Waals surface area contributed by atoms with E-state index in [1.54, 1.807) is 13.8 Å². The van der Waals surface area contributed by atoms with Crippen LogP contribution in [-0.4, -0.2) is 27.8 Å². The predicted octanol–water partition coefficient (Wildman–Crippen LogP) is 2.68. The number of carbonyl (C=O) groups is 1. The fourth-order valence-corrected chi connectivity index (χ4v) is 2.60. The summed E-state index contributed by atoms with van der Waals surface area (Å²) in [6, 6.07) is 7.51. The largest absolute Gasteiger partial charge is 0.393 e. The first kappa shape index (κ1) is 18.9. The summed E-state index contributed by atoms with van der Waals surface area (Å²) >= 11 is 6.08. The highest BCUT2D eigenvalue weighted by atomic mass is 35.5. The van der Waals surface area contributed by atoms with E-state index in [-0.39, 0.29) is 0 Å². The van der Waals surface area contributed by atoms with Gasteiger partial charge < -0.3 is 15.9 Å². The minimum atomic E-state index is -0.837. The standard InChI is InChI=1S/C17H26ClNO3/c1-17(2,22)10-9-13(16(19)21)11-14(20)8-7-12-5-3-4-6-15(12)18/h3-6,13-14,20,22H,7-11H2,1-2H3,(H2,19,21)/t13-,14+/m1/s1.